The number of guanidine groups is 1. The molecular weight excluding hydrogens is 525 g/mol. The lowest BCUT2D eigenvalue weighted by atomic mass is 10.00. The average Bonchev–Trinajstić information content (AvgIpc) is 3.32. The van der Waals surface area contributed by atoms with Crippen LogP contribution in [0, 0.1) is 0 Å². The van der Waals surface area contributed by atoms with Crippen molar-refractivity contribution in [1.29, 1.82) is 0 Å². The molecule has 1 saturated heterocycles. The van der Waals surface area contributed by atoms with Gasteiger partial charge in [-0.1, -0.05) is 0 Å². The Balaban J connectivity index is 0.00000341. The molecular formula is C21H34IN7OS. The first-order valence-electron chi connectivity index (χ1n) is 10.6. The Labute approximate surface area is 206 Å². The van der Waals surface area contributed by atoms with Crippen molar-refractivity contribution in [2.75, 3.05) is 57.3 Å². The van der Waals surface area contributed by atoms with Crippen LogP contribution in [0.25, 0.3) is 0 Å². The topological polar surface area (TPSA) is 88.9 Å². The summed E-state index contributed by atoms with van der Waals surface area (Å²) in [5.41, 5.74) is -0.0445. The van der Waals surface area contributed by atoms with Crippen LogP contribution in [0.4, 0.5) is 5.95 Å². The standard InChI is InChI=1S/C21H33N7OS.HI/c1-3-22-19(26-17-21(2,29)18-6-15-30-16-18)23-9-5-10-27-11-13-28(14-12-27)20-24-7-4-8-25-20;/h4,6-8,15-16,29H,3,5,9-14,17H2,1-2H3,(H2,22,23,26);1H. The van der Waals surface area contributed by atoms with Gasteiger partial charge in [0, 0.05) is 51.7 Å². The van der Waals surface area contributed by atoms with Crippen molar-refractivity contribution in [1.82, 2.24) is 25.5 Å². The number of aliphatic hydroxyl groups is 1. The number of thiophene rings is 1. The molecule has 0 saturated carbocycles. The van der Waals surface area contributed by atoms with Crippen LogP contribution in [0.15, 0.2) is 40.3 Å². The summed E-state index contributed by atoms with van der Waals surface area (Å²) in [6, 6.07) is 3.80. The number of rotatable bonds is 9. The van der Waals surface area contributed by atoms with E-state index < -0.39 is 5.60 Å². The first-order chi connectivity index (χ1) is 14.6. The molecule has 3 N–H and O–H groups in total. The number of halogens is 1. The fraction of sp³-hybridized carbons (Fsp3) is 0.571. The molecule has 0 amide bonds. The second-order valence-electron chi connectivity index (χ2n) is 7.64. The van der Waals surface area contributed by atoms with E-state index in [1.807, 2.05) is 36.7 Å². The Morgan fingerprint density at radius 2 is 1.97 bits per heavy atom. The number of hydrogen-bond donors (Lipinski definition) is 3. The molecule has 1 aliphatic heterocycles. The number of anilines is 1. The van der Waals surface area contributed by atoms with Crippen LogP contribution < -0.4 is 15.5 Å². The van der Waals surface area contributed by atoms with E-state index >= 15 is 0 Å². The lowest BCUT2D eigenvalue weighted by Gasteiger charge is -2.34. The van der Waals surface area contributed by atoms with Crippen LogP contribution in [-0.2, 0) is 5.60 Å². The number of nitrogens with one attached hydrogen (secondary N) is 2. The average molecular weight is 560 g/mol. The monoisotopic (exact) mass is 559 g/mol. The summed E-state index contributed by atoms with van der Waals surface area (Å²) in [4.78, 5) is 18.0. The largest absolute Gasteiger partial charge is 0.383 e. The zero-order valence-electron chi connectivity index (χ0n) is 18.3. The highest BCUT2D eigenvalue weighted by atomic mass is 127. The lowest BCUT2D eigenvalue weighted by molar-refractivity contribution is 0.0677. The third-order valence-electron chi connectivity index (χ3n) is 5.18. The van der Waals surface area contributed by atoms with E-state index in [1.54, 1.807) is 23.7 Å². The van der Waals surface area contributed by atoms with Gasteiger partial charge in [0.2, 0.25) is 5.95 Å². The van der Waals surface area contributed by atoms with E-state index in [2.05, 4.69) is 35.4 Å². The summed E-state index contributed by atoms with van der Waals surface area (Å²) in [7, 11) is 0. The fourth-order valence-electron chi connectivity index (χ4n) is 3.37. The SMILES string of the molecule is CCNC(=NCC(C)(O)c1ccsc1)NCCCN1CCN(c2ncccn2)CC1.I. The van der Waals surface area contributed by atoms with Crippen molar-refractivity contribution in [2.24, 2.45) is 4.99 Å². The van der Waals surface area contributed by atoms with Gasteiger partial charge in [-0.25, -0.2) is 15.0 Å². The van der Waals surface area contributed by atoms with Crippen molar-refractivity contribution in [3.63, 3.8) is 0 Å². The van der Waals surface area contributed by atoms with Gasteiger partial charge >= 0.3 is 0 Å². The number of piperazine rings is 1. The molecule has 0 aliphatic carbocycles. The lowest BCUT2D eigenvalue weighted by Crippen LogP contribution is -2.47. The fourth-order valence-corrected chi connectivity index (χ4v) is 4.16. The predicted octanol–water partition coefficient (Wildman–Crippen LogP) is 2.13. The van der Waals surface area contributed by atoms with Crippen LogP contribution in [0.2, 0.25) is 0 Å². The highest BCUT2D eigenvalue weighted by Gasteiger charge is 2.23. The van der Waals surface area contributed by atoms with Crippen molar-refractivity contribution in [2.45, 2.75) is 25.9 Å². The minimum atomic E-state index is -0.954. The molecule has 1 unspecified atom stereocenters. The molecule has 172 valence electrons. The molecule has 1 aliphatic rings. The minimum Gasteiger partial charge on any atom is -0.383 e. The summed E-state index contributed by atoms with van der Waals surface area (Å²) >= 11 is 1.59. The summed E-state index contributed by atoms with van der Waals surface area (Å²) in [5, 5.41) is 21.3. The number of hydrogen-bond acceptors (Lipinski definition) is 7. The van der Waals surface area contributed by atoms with Gasteiger partial charge in [0.05, 0.1) is 6.54 Å². The minimum absolute atomic E-state index is 0. The van der Waals surface area contributed by atoms with E-state index in [-0.39, 0.29) is 24.0 Å². The molecule has 8 nitrogen and oxygen atoms in total. The van der Waals surface area contributed by atoms with E-state index in [4.69, 9.17) is 0 Å². The molecule has 2 aromatic heterocycles. The second kappa shape index (κ2) is 13.1. The number of aliphatic imine (C=N–C) groups is 1. The van der Waals surface area contributed by atoms with Gasteiger partial charge in [0.15, 0.2) is 5.96 Å². The summed E-state index contributed by atoms with van der Waals surface area (Å²) in [5.74, 6) is 1.57. The molecule has 10 heteroatoms. The molecule has 1 atom stereocenters. The highest BCUT2D eigenvalue weighted by Crippen LogP contribution is 2.23. The van der Waals surface area contributed by atoms with E-state index in [0.29, 0.717) is 6.54 Å². The van der Waals surface area contributed by atoms with Crippen molar-refractivity contribution >= 4 is 47.2 Å². The molecule has 0 radical (unpaired) electrons. The molecule has 2 aromatic rings. The van der Waals surface area contributed by atoms with Crippen LogP contribution in [0.3, 0.4) is 0 Å². The molecule has 0 aromatic carbocycles. The van der Waals surface area contributed by atoms with Gasteiger partial charge in [0.1, 0.15) is 5.60 Å². The zero-order valence-corrected chi connectivity index (χ0v) is 21.5. The summed E-state index contributed by atoms with van der Waals surface area (Å²) in [6.07, 6.45) is 4.63. The van der Waals surface area contributed by atoms with Gasteiger partial charge in [-0.05, 0) is 55.3 Å². The molecule has 3 rings (SSSR count). The quantitative estimate of drug-likeness (QED) is 0.188. The first-order valence-corrected chi connectivity index (χ1v) is 11.5. The number of nitrogens with zero attached hydrogens (tertiary/aromatic N) is 5. The zero-order chi connectivity index (χ0) is 21.2. The Hall–Kier alpha value is -1.50. The molecule has 0 bridgehead atoms. The van der Waals surface area contributed by atoms with E-state index in [1.165, 1.54) is 0 Å². The van der Waals surface area contributed by atoms with Gasteiger partial charge in [-0.15, -0.1) is 24.0 Å². The van der Waals surface area contributed by atoms with Gasteiger partial charge < -0.3 is 20.6 Å². The normalized spacial score (nSPS) is 17.0. The molecule has 3 heterocycles. The van der Waals surface area contributed by atoms with Gasteiger partial charge in [0.25, 0.3) is 0 Å². The van der Waals surface area contributed by atoms with Crippen LogP contribution in [0.5, 0.6) is 0 Å². The maximum absolute atomic E-state index is 10.7. The van der Waals surface area contributed by atoms with Crippen LogP contribution >= 0.6 is 35.3 Å². The molecule has 31 heavy (non-hydrogen) atoms. The second-order valence-corrected chi connectivity index (χ2v) is 8.42. The Kier molecular flexibility index (Phi) is 10.9. The van der Waals surface area contributed by atoms with Crippen LogP contribution in [-0.4, -0.2) is 78.3 Å². The van der Waals surface area contributed by atoms with E-state index in [0.717, 1.165) is 69.7 Å². The third-order valence-corrected chi connectivity index (χ3v) is 5.87. The van der Waals surface area contributed by atoms with Crippen molar-refractivity contribution in [3.8, 4) is 0 Å². The third kappa shape index (κ3) is 8.17. The van der Waals surface area contributed by atoms with E-state index in [9.17, 15) is 5.11 Å². The molecule has 0 spiro atoms. The maximum atomic E-state index is 10.7. The van der Waals surface area contributed by atoms with Crippen molar-refractivity contribution < 1.29 is 5.11 Å². The summed E-state index contributed by atoms with van der Waals surface area (Å²) in [6.45, 7) is 10.8. The molecule has 1 fully saturated rings. The Morgan fingerprint density at radius 1 is 1.23 bits per heavy atom. The smallest absolute Gasteiger partial charge is 0.225 e. The Morgan fingerprint density at radius 3 is 2.61 bits per heavy atom. The van der Waals surface area contributed by atoms with Crippen molar-refractivity contribution in [3.05, 3.63) is 40.8 Å². The maximum Gasteiger partial charge on any atom is 0.225 e. The van der Waals surface area contributed by atoms with Crippen LogP contribution in [0.1, 0.15) is 25.8 Å². The first kappa shape index (κ1) is 25.8. The Bertz CT molecular complexity index is 765. The highest BCUT2D eigenvalue weighted by molar-refractivity contribution is 14.0. The predicted molar refractivity (Wildman–Crippen MR) is 139 cm³/mol. The van der Waals surface area contributed by atoms with Gasteiger partial charge in [-0.2, -0.15) is 11.3 Å². The van der Waals surface area contributed by atoms with Gasteiger partial charge in [-0.3, -0.25) is 4.90 Å². The summed E-state index contributed by atoms with van der Waals surface area (Å²) < 4.78 is 0. The number of aromatic nitrogens is 2.